The summed E-state index contributed by atoms with van der Waals surface area (Å²) in [5.41, 5.74) is 0.363. The summed E-state index contributed by atoms with van der Waals surface area (Å²) in [5.74, 6) is -0.437. The molecule has 0 saturated carbocycles. The van der Waals surface area contributed by atoms with Gasteiger partial charge in [-0.1, -0.05) is 0 Å². The molecule has 2 rings (SSSR count). The highest BCUT2D eigenvalue weighted by Crippen LogP contribution is 2.21. The lowest BCUT2D eigenvalue weighted by Gasteiger charge is -2.15. The number of esters is 1. The van der Waals surface area contributed by atoms with Crippen molar-refractivity contribution in [3.05, 3.63) is 29.8 Å². The Kier molecular flexibility index (Phi) is 4.21. The zero-order valence-corrected chi connectivity index (χ0v) is 11.6. The van der Waals surface area contributed by atoms with Crippen molar-refractivity contribution in [2.24, 2.45) is 0 Å². The summed E-state index contributed by atoms with van der Waals surface area (Å²) < 4.78 is 30.8. The first-order chi connectivity index (χ1) is 9.05. The summed E-state index contributed by atoms with van der Waals surface area (Å²) in [4.78, 5) is 11.7. The molecule has 0 amide bonds. The molecule has 1 saturated heterocycles. The van der Waals surface area contributed by atoms with Crippen molar-refractivity contribution in [1.29, 1.82) is 0 Å². The van der Waals surface area contributed by atoms with E-state index in [1.807, 2.05) is 0 Å². The Morgan fingerprint density at radius 1 is 1.21 bits per heavy atom. The van der Waals surface area contributed by atoms with E-state index in [1.54, 1.807) is 6.92 Å². The largest absolute Gasteiger partial charge is 0.462 e. The van der Waals surface area contributed by atoms with E-state index in [-0.39, 0.29) is 4.90 Å². The van der Waals surface area contributed by atoms with Crippen LogP contribution in [0.1, 0.15) is 30.1 Å². The number of sulfonamides is 1. The lowest BCUT2D eigenvalue weighted by molar-refractivity contribution is 0.0526. The van der Waals surface area contributed by atoms with Crippen LogP contribution in [0.4, 0.5) is 0 Å². The molecule has 1 aliphatic heterocycles. The van der Waals surface area contributed by atoms with Gasteiger partial charge in [-0.3, -0.25) is 0 Å². The number of carbonyl (C=O) groups excluding carboxylic acids is 1. The summed E-state index contributed by atoms with van der Waals surface area (Å²) in [6.07, 6.45) is 1.81. The third kappa shape index (κ3) is 2.96. The van der Waals surface area contributed by atoms with Gasteiger partial charge in [-0.25, -0.2) is 13.2 Å². The molecule has 0 unspecified atom stereocenters. The molecular formula is C13H17NO4S. The van der Waals surface area contributed by atoms with Crippen LogP contribution in [-0.4, -0.2) is 38.4 Å². The molecule has 1 aromatic carbocycles. The third-order valence-electron chi connectivity index (χ3n) is 3.07. The van der Waals surface area contributed by atoms with Crippen molar-refractivity contribution < 1.29 is 17.9 Å². The van der Waals surface area contributed by atoms with Gasteiger partial charge in [-0.15, -0.1) is 0 Å². The second kappa shape index (κ2) is 5.71. The van der Waals surface area contributed by atoms with E-state index in [4.69, 9.17) is 4.74 Å². The average Bonchev–Trinajstić information content (AvgIpc) is 2.94. The molecule has 0 aliphatic carbocycles. The fourth-order valence-electron chi connectivity index (χ4n) is 2.05. The quantitative estimate of drug-likeness (QED) is 0.788. The van der Waals surface area contributed by atoms with Crippen molar-refractivity contribution in [3.63, 3.8) is 0 Å². The summed E-state index contributed by atoms with van der Waals surface area (Å²) >= 11 is 0. The zero-order valence-electron chi connectivity index (χ0n) is 10.8. The highest BCUT2D eigenvalue weighted by molar-refractivity contribution is 7.89. The standard InChI is InChI=1S/C13H17NO4S/c1-2-18-13(15)11-5-7-12(8-6-11)19(16,17)14-9-3-4-10-14/h5-8H,2-4,9-10H2,1H3. The van der Waals surface area contributed by atoms with Gasteiger partial charge in [0.1, 0.15) is 0 Å². The van der Waals surface area contributed by atoms with Crippen molar-refractivity contribution in [2.75, 3.05) is 19.7 Å². The first-order valence-electron chi connectivity index (χ1n) is 6.33. The van der Waals surface area contributed by atoms with Gasteiger partial charge >= 0.3 is 5.97 Å². The van der Waals surface area contributed by atoms with Gasteiger partial charge < -0.3 is 4.74 Å². The summed E-state index contributed by atoms with van der Waals surface area (Å²) in [6.45, 7) is 3.17. The van der Waals surface area contributed by atoms with E-state index in [9.17, 15) is 13.2 Å². The first-order valence-corrected chi connectivity index (χ1v) is 7.77. The SMILES string of the molecule is CCOC(=O)c1ccc(S(=O)(=O)N2CCCC2)cc1. The minimum absolute atomic E-state index is 0.224. The van der Waals surface area contributed by atoms with Crippen LogP contribution in [0.25, 0.3) is 0 Å². The highest BCUT2D eigenvalue weighted by atomic mass is 32.2. The number of hydrogen-bond acceptors (Lipinski definition) is 4. The lowest BCUT2D eigenvalue weighted by atomic mass is 10.2. The summed E-state index contributed by atoms with van der Waals surface area (Å²) in [6, 6.07) is 5.89. The predicted octanol–water partition coefficient (Wildman–Crippen LogP) is 1.65. The second-order valence-electron chi connectivity index (χ2n) is 4.36. The van der Waals surface area contributed by atoms with Gasteiger partial charge in [0.15, 0.2) is 0 Å². The number of hydrogen-bond donors (Lipinski definition) is 0. The number of carbonyl (C=O) groups is 1. The van der Waals surface area contributed by atoms with Crippen LogP contribution in [0.15, 0.2) is 29.2 Å². The van der Waals surface area contributed by atoms with Crippen molar-refractivity contribution in [2.45, 2.75) is 24.7 Å². The normalized spacial score (nSPS) is 16.5. The van der Waals surface area contributed by atoms with E-state index in [0.29, 0.717) is 25.3 Å². The highest BCUT2D eigenvalue weighted by Gasteiger charge is 2.27. The van der Waals surface area contributed by atoms with E-state index in [0.717, 1.165) is 12.8 Å². The smallest absolute Gasteiger partial charge is 0.338 e. The van der Waals surface area contributed by atoms with Crippen LogP contribution in [0.2, 0.25) is 0 Å². The second-order valence-corrected chi connectivity index (χ2v) is 6.29. The Morgan fingerprint density at radius 2 is 1.79 bits per heavy atom. The minimum atomic E-state index is -3.41. The molecule has 19 heavy (non-hydrogen) atoms. The predicted molar refractivity (Wildman–Crippen MR) is 70.4 cm³/mol. The monoisotopic (exact) mass is 283 g/mol. The van der Waals surface area contributed by atoms with E-state index in [1.165, 1.54) is 28.6 Å². The fourth-order valence-corrected chi connectivity index (χ4v) is 3.57. The van der Waals surface area contributed by atoms with Crippen LogP contribution in [0.3, 0.4) is 0 Å². The molecule has 0 N–H and O–H groups in total. The lowest BCUT2D eigenvalue weighted by Crippen LogP contribution is -2.27. The van der Waals surface area contributed by atoms with Gasteiger partial charge in [-0.2, -0.15) is 4.31 Å². The van der Waals surface area contributed by atoms with E-state index in [2.05, 4.69) is 0 Å². The maximum Gasteiger partial charge on any atom is 0.338 e. The van der Waals surface area contributed by atoms with Crippen molar-refractivity contribution >= 4 is 16.0 Å². The van der Waals surface area contributed by atoms with Crippen LogP contribution < -0.4 is 0 Å². The Morgan fingerprint density at radius 3 is 2.32 bits per heavy atom. The summed E-state index contributed by atoms with van der Waals surface area (Å²) in [5, 5.41) is 0. The fraction of sp³-hybridized carbons (Fsp3) is 0.462. The van der Waals surface area contributed by atoms with E-state index >= 15 is 0 Å². The molecular weight excluding hydrogens is 266 g/mol. The van der Waals surface area contributed by atoms with Crippen LogP contribution in [0, 0.1) is 0 Å². The Hall–Kier alpha value is -1.40. The van der Waals surface area contributed by atoms with Crippen LogP contribution in [-0.2, 0) is 14.8 Å². The van der Waals surface area contributed by atoms with Crippen LogP contribution >= 0.6 is 0 Å². The third-order valence-corrected chi connectivity index (χ3v) is 4.98. The topological polar surface area (TPSA) is 63.7 Å². The molecule has 6 heteroatoms. The first kappa shape index (κ1) is 14.0. The molecule has 0 radical (unpaired) electrons. The minimum Gasteiger partial charge on any atom is -0.462 e. The Balaban J connectivity index is 2.20. The maximum absolute atomic E-state index is 12.3. The summed E-state index contributed by atoms with van der Waals surface area (Å²) in [7, 11) is -3.41. The van der Waals surface area contributed by atoms with Gasteiger partial charge in [0.05, 0.1) is 17.1 Å². The molecule has 1 aromatic rings. The number of rotatable bonds is 4. The molecule has 0 spiro atoms. The molecule has 104 valence electrons. The van der Waals surface area contributed by atoms with Crippen molar-refractivity contribution in [3.8, 4) is 0 Å². The average molecular weight is 283 g/mol. The molecule has 0 aromatic heterocycles. The zero-order chi connectivity index (χ0) is 13.9. The van der Waals surface area contributed by atoms with Gasteiger partial charge in [0, 0.05) is 13.1 Å². The van der Waals surface area contributed by atoms with Gasteiger partial charge in [0.25, 0.3) is 0 Å². The van der Waals surface area contributed by atoms with Crippen LogP contribution in [0.5, 0.6) is 0 Å². The molecule has 1 heterocycles. The van der Waals surface area contributed by atoms with Crippen molar-refractivity contribution in [1.82, 2.24) is 4.31 Å². The number of nitrogens with zero attached hydrogens (tertiary/aromatic N) is 1. The molecule has 5 nitrogen and oxygen atoms in total. The van der Waals surface area contributed by atoms with Gasteiger partial charge in [-0.05, 0) is 44.0 Å². The molecule has 0 bridgehead atoms. The molecule has 1 fully saturated rings. The van der Waals surface area contributed by atoms with Gasteiger partial charge in [0.2, 0.25) is 10.0 Å². The molecule has 1 aliphatic rings. The Labute approximate surface area is 113 Å². The maximum atomic E-state index is 12.3. The molecule has 0 atom stereocenters. The number of benzene rings is 1. The Bertz CT molecular complexity index is 545. The van der Waals surface area contributed by atoms with E-state index < -0.39 is 16.0 Å². The number of ether oxygens (including phenoxy) is 1.